The summed E-state index contributed by atoms with van der Waals surface area (Å²) in [7, 11) is 1.73. The lowest BCUT2D eigenvalue weighted by atomic mass is 9.97. The van der Waals surface area contributed by atoms with E-state index in [9.17, 15) is 9.59 Å². The standard InChI is InChI=1S/C15H17NO3/c1-11(17)19-14-8-9-15(18)16(2)13(14)10-12-6-4-3-5-7-12/h3-9,13-14H,10H2,1-2H3/t13-,14+/m0/s1. The number of ether oxygens (including phenoxy) is 1. The summed E-state index contributed by atoms with van der Waals surface area (Å²) >= 11 is 0. The number of likely N-dealkylation sites (N-methyl/N-ethyl adjacent to an activating group) is 1. The average Bonchev–Trinajstić information content (AvgIpc) is 2.39. The molecule has 100 valence electrons. The number of amides is 1. The summed E-state index contributed by atoms with van der Waals surface area (Å²) in [5.41, 5.74) is 1.11. The van der Waals surface area contributed by atoms with Crippen LogP contribution in [0.25, 0.3) is 0 Å². The number of esters is 1. The molecule has 0 radical (unpaired) electrons. The Hall–Kier alpha value is -2.10. The zero-order valence-electron chi connectivity index (χ0n) is 11.1. The van der Waals surface area contributed by atoms with E-state index >= 15 is 0 Å². The Morgan fingerprint density at radius 2 is 2.00 bits per heavy atom. The predicted octanol–water partition coefficient (Wildman–Crippen LogP) is 1.56. The number of rotatable bonds is 3. The van der Waals surface area contributed by atoms with Crippen LogP contribution in [-0.4, -0.2) is 36.0 Å². The van der Waals surface area contributed by atoms with Crippen molar-refractivity contribution in [3.8, 4) is 0 Å². The van der Waals surface area contributed by atoms with Crippen molar-refractivity contribution in [2.24, 2.45) is 0 Å². The van der Waals surface area contributed by atoms with E-state index in [-0.39, 0.29) is 24.0 Å². The van der Waals surface area contributed by atoms with E-state index < -0.39 is 0 Å². The van der Waals surface area contributed by atoms with Crippen LogP contribution in [0.4, 0.5) is 0 Å². The van der Waals surface area contributed by atoms with Crippen LogP contribution < -0.4 is 0 Å². The number of carbonyl (C=O) groups excluding carboxylic acids is 2. The van der Waals surface area contributed by atoms with Crippen LogP contribution >= 0.6 is 0 Å². The van der Waals surface area contributed by atoms with Crippen molar-refractivity contribution in [1.82, 2.24) is 4.90 Å². The van der Waals surface area contributed by atoms with Crippen LogP contribution in [0.2, 0.25) is 0 Å². The lowest BCUT2D eigenvalue weighted by Gasteiger charge is -2.35. The molecule has 0 bridgehead atoms. The van der Waals surface area contributed by atoms with Crippen LogP contribution in [0.15, 0.2) is 42.5 Å². The Morgan fingerprint density at radius 1 is 1.32 bits per heavy atom. The van der Waals surface area contributed by atoms with Crippen molar-refractivity contribution in [3.63, 3.8) is 0 Å². The Labute approximate surface area is 112 Å². The summed E-state index contributed by atoms with van der Waals surface area (Å²) < 4.78 is 5.28. The maximum absolute atomic E-state index is 11.7. The number of nitrogens with zero attached hydrogens (tertiary/aromatic N) is 1. The molecule has 1 aromatic rings. The largest absolute Gasteiger partial charge is 0.456 e. The number of hydrogen-bond donors (Lipinski definition) is 0. The van der Waals surface area contributed by atoms with Crippen LogP contribution in [0, 0.1) is 0 Å². The maximum atomic E-state index is 11.7. The second-order valence-electron chi connectivity index (χ2n) is 4.64. The molecule has 2 atom stereocenters. The molecule has 0 saturated carbocycles. The third-order valence-corrected chi connectivity index (χ3v) is 3.24. The third kappa shape index (κ3) is 3.22. The van der Waals surface area contributed by atoms with Gasteiger partial charge in [-0.2, -0.15) is 0 Å². The molecule has 1 aromatic carbocycles. The molecule has 0 spiro atoms. The van der Waals surface area contributed by atoms with Crippen molar-refractivity contribution in [1.29, 1.82) is 0 Å². The fourth-order valence-electron chi connectivity index (χ4n) is 2.22. The van der Waals surface area contributed by atoms with Crippen molar-refractivity contribution in [3.05, 3.63) is 48.0 Å². The summed E-state index contributed by atoms with van der Waals surface area (Å²) in [6.45, 7) is 1.38. The molecular formula is C15H17NO3. The minimum atomic E-state index is -0.389. The smallest absolute Gasteiger partial charge is 0.303 e. The van der Waals surface area contributed by atoms with Gasteiger partial charge in [0.05, 0.1) is 6.04 Å². The van der Waals surface area contributed by atoms with Gasteiger partial charge in [0.15, 0.2) is 0 Å². The summed E-state index contributed by atoms with van der Waals surface area (Å²) in [6, 6.07) is 9.70. The highest BCUT2D eigenvalue weighted by Crippen LogP contribution is 2.19. The first-order valence-corrected chi connectivity index (χ1v) is 6.24. The minimum Gasteiger partial charge on any atom is -0.456 e. The second-order valence-corrected chi connectivity index (χ2v) is 4.64. The Morgan fingerprint density at radius 3 is 2.63 bits per heavy atom. The van der Waals surface area contributed by atoms with Gasteiger partial charge in [0, 0.05) is 20.0 Å². The Kier molecular flexibility index (Phi) is 4.00. The zero-order chi connectivity index (χ0) is 13.8. The normalized spacial score (nSPS) is 22.4. The third-order valence-electron chi connectivity index (χ3n) is 3.24. The van der Waals surface area contributed by atoms with E-state index in [4.69, 9.17) is 4.74 Å². The van der Waals surface area contributed by atoms with E-state index in [0.29, 0.717) is 6.42 Å². The van der Waals surface area contributed by atoms with E-state index in [1.54, 1.807) is 18.0 Å². The maximum Gasteiger partial charge on any atom is 0.303 e. The molecule has 0 unspecified atom stereocenters. The van der Waals surface area contributed by atoms with Gasteiger partial charge >= 0.3 is 5.97 Å². The van der Waals surface area contributed by atoms with Gasteiger partial charge in [-0.05, 0) is 18.1 Å². The van der Waals surface area contributed by atoms with Crippen LogP contribution in [0.1, 0.15) is 12.5 Å². The van der Waals surface area contributed by atoms with Gasteiger partial charge in [-0.15, -0.1) is 0 Å². The van der Waals surface area contributed by atoms with Crippen molar-refractivity contribution in [2.45, 2.75) is 25.5 Å². The second kappa shape index (κ2) is 5.69. The van der Waals surface area contributed by atoms with Crippen LogP contribution in [0.3, 0.4) is 0 Å². The van der Waals surface area contributed by atoms with Crippen LogP contribution in [-0.2, 0) is 20.7 Å². The van der Waals surface area contributed by atoms with Gasteiger partial charge in [0.2, 0.25) is 5.91 Å². The minimum absolute atomic E-state index is 0.0654. The van der Waals surface area contributed by atoms with E-state index in [1.807, 2.05) is 30.3 Å². The SMILES string of the molecule is CC(=O)O[C@@H]1C=CC(=O)N(C)[C@H]1Cc1ccccc1. The molecule has 0 aliphatic carbocycles. The fraction of sp³-hybridized carbons (Fsp3) is 0.333. The molecular weight excluding hydrogens is 242 g/mol. The molecule has 4 heteroatoms. The summed E-state index contributed by atoms with van der Waals surface area (Å²) in [4.78, 5) is 24.5. The van der Waals surface area contributed by atoms with E-state index in [0.717, 1.165) is 5.56 Å². The highest BCUT2D eigenvalue weighted by Gasteiger charge is 2.31. The van der Waals surface area contributed by atoms with Gasteiger partial charge in [0.25, 0.3) is 0 Å². The fourth-order valence-corrected chi connectivity index (χ4v) is 2.22. The molecule has 2 rings (SSSR count). The molecule has 0 saturated heterocycles. The first kappa shape index (κ1) is 13.3. The molecule has 1 heterocycles. The first-order valence-electron chi connectivity index (χ1n) is 6.24. The quantitative estimate of drug-likeness (QED) is 0.774. The highest BCUT2D eigenvalue weighted by molar-refractivity contribution is 5.89. The average molecular weight is 259 g/mol. The zero-order valence-corrected chi connectivity index (χ0v) is 11.1. The van der Waals surface area contributed by atoms with E-state index in [1.165, 1.54) is 13.0 Å². The predicted molar refractivity (Wildman–Crippen MR) is 71.4 cm³/mol. The Balaban J connectivity index is 2.19. The summed E-state index contributed by atoms with van der Waals surface area (Å²) in [5, 5.41) is 0. The Bertz CT molecular complexity index is 495. The van der Waals surface area contributed by atoms with E-state index in [2.05, 4.69) is 0 Å². The molecule has 0 aromatic heterocycles. The monoisotopic (exact) mass is 259 g/mol. The first-order chi connectivity index (χ1) is 9.08. The van der Waals surface area contributed by atoms with Gasteiger partial charge in [-0.25, -0.2) is 0 Å². The molecule has 4 nitrogen and oxygen atoms in total. The molecule has 0 fully saturated rings. The lowest BCUT2D eigenvalue weighted by molar-refractivity contribution is -0.150. The molecule has 19 heavy (non-hydrogen) atoms. The number of hydrogen-bond acceptors (Lipinski definition) is 3. The van der Waals surface area contributed by atoms with Gasteiger partial charge in [-0.3, -0.25) is 9.59 Å². The summed E-state index contributed by atoms with van der Waals surface area (Å²) in [5.74, 6) is -0.403. The summed E-state index contributed by atoms with van der Waals surface area (Å²) in [6.07, 6.45) is 3.39. The van der Waals surface area contributed by atoms with Crippen molar-refractivity contribution >= 4 is 11.9 Å². The molecule has 1 aliphatic rings. The van der Waals surface area contributed by atoms with Crippen molar-refractivity contribution in [2.75, 3.05) is 7.05 Å². The molecule has 0 N–H and O–H groups in total. The van der Waals surface area contributed by atoms with Gasteiger partial charge in [0.1, 0.15) is 6.10 Å². The molecule has 1 amide bonds. The lowest BCUT2D eigenvalue weighted by Crippen LogP contribution is -2.49. The topological polar surface area (TPSA) is 46.6 Å². The van der Waals surface area contributed by atoms with Crippen LogP contribution in [0.5, 0.6) is 0 Å². The van der Waals surface area contributed by atoms with Gasteiger partial charge < -0.3 is 9.64 Å². The molecule has 1 aliphatic heterocycles. The van der Waals surface area contributed by atoms with Gasteiger partial charge in [-0.1, -0.05) is 30.3 Å². The number of carbonyl (C=O) groups is 2. The van der Waals surface area contributed by atoms with Crippen molar-refractivity contribution < 1.29 is 14.3 Å². The highest BCUT2D eigenvalue weighted by atomic mass is 16.5. The number of benzene rings is 1.